The molecule has 1 aromatic rings. The van der Waals surface area contributed by atoms with Gasteiger partial charge in [-0.25, -0.2) is 4.98 Å². The summed E-state index contributed by atoms with van der Waals surface area (Å²) in [7, 11) is 0. The van der Waals surface area contributed by atoms with Crippen LogP contribution in [0.2, 0.25) is 0 Å². The highest BCUT2D eigenvalue weighted by Gasteiger charge is 2.69. The average molecular weight is 529 g/mol. The van der Waals surface area contributed by atoms with Crippen LogP contribution >= 0.6 is 11.3 Å². The third-order valence-electron chi connectivity index (χ3n) is 9.01. The van der Waals surface area contributed by atoms with Gasteiger partial charge in [0, 0.05) is 30.6 Å². The van der Waals surface area contributed by atoms with Gasteiger partial charge in [0.15, 0.2) is 0 Å². The van der Waals surface area contributed by atoms with Crippen molar-refractivity contribution in [1.29, 1.82) is 5.41 Å². The van der Waals surface area contributed by atoms with Gasteiger partial charge in [-0.15, -0.1) is 11.3 Å². The van der Waals surface area contributed by atoms with Crippen LogP contribution in [0.15, 0.2) is 5.38 Å². The molecule has 0 radical (unpaired) electrons. The summed E-state index contributed by atoms with van der Waals surface area (Å²) in [4.78, 5) is 58.9. The number of nitrogens with zero attached hydrogens (tertiary/aromatic N) is 2. The number of rotatable bonds is 3. The third kappa shape index (κ3) is 4.78. The molecule has 0 unspecified atom stereocenters. The topological polar surface area (TPSA) is 144 Å². The number of piperidine rings is 1. The van der Waals surface area contributed by atoms with Gasteiger partial charge in [-0.05, 0) is 49.4 Å². The van der Waals surface area contributed by atoms with Crippen molar-refractivity contribution in [2.75, 3.05) is 13.1 Å². The van der Waals surface area contributed by atoms with E-state index in [4.69, 9.17) is 5.41 Å². The molecule has 1 aromatic heterocycles. The SMILES string of the molecule is Cc1nc(C(=O)N[C@H]2CCCC[C@H]3CNC(=O)[C@H]3C[C@@H](C=N)NC(=O)[C@@H]3[C@@H]4[C@H](CN3C2=O)C4(C)C)cs1. The second-order valence-corrected chi connectivity index (χ2v) is 12.6. The summed E-state index contributed by atoms with van der Waals surface area (Å²) in [6, 6.07) is -1.99. The van der Waals surface area contributed by atoms with Crippen LogP contribution in [0.5, 0.6) is 0 Å². The third-order valence-corrected chi connectivity index (χ3v) is 9.79. The van der Waals surface area contributed by atoms with E-state index in [-0.39, 0.29) is 52.7 Å². The molecule has 3 aliphatic heterocycles. The molecule has 4 aliphatic rings. The van der Waals surface area contributed by atoms with Crippen LogP contribution in [-0.2, 0) is 14.4 Å². The van der Waals surface area contributed by atoms with Gasteiger partial charge < -0.3 is 26.3 Å². The lowest BCUT2D eigenvalue weighted by Crippen LogP contribution is -2.57. The zero-order valence-electron chi connectivity index (χ0n) is 21.6. The first-order valence-electron chi connectivity index (χ1n) is 13.2. The number of hydrogen-bond acceptors (Lipinski definition) is 7. The van der Waals surface area contributed by atoms with Gasteiger partial charge in [0.1, 0.15) is 17.8 Å². The van der Waals surface area contributed by atoms with Crippen molar-refractivity contribution in [1.82, 2.24) is 25.8 Å². The monoisotopic (exact) mass is 528 g/mol. The summed E-state index contributed by atoms with van der Waals surface area (Å²) in [5.74, 6) is -0.836. The van der Waals surface area contributed by atoms with Crippen LogP contribution in [0.4, 0.5) is 0 Å². The van der Waals surface area contributed by atoms with E-state index < -0.39 is 18.1 Å². The Morgan fingerprint density at radius 1 is 1.24 bits per heavy atom. The minimum atomic E-state index is -0.758. The van der Waals surface area contributed by atoms with Gasteiger partial charge in [0.05, 0.1) is 11.0 Å². The smallest absolute Gasteiger partial charge is 0.271 e. The average Bonchev–Trinajstić information content (AvgIpc) is 3.35. The number of thiazole rings is 1. The summed E-state index contributed by atoms with van der Waals surface area (Å²) in [5.41, 5.74) is 0.235. The first-order valence-corrected chi connectivity index (χ1v) is 14.1. The summed E-state index contributed by atoms with van der Waals surface area (Å²) in [6.07, 6.45) is 4.36. The van der Waals surface area contributed by atoms with Crippen LogP contribution < -0.4 is 16.0 Å². The van der Waals surface area contributed by atoms with E-state index in [1.54, 1.807) is 10.3 Å². The van der Waals surface area contributed by atoms with Crippen LogP contribution in [0.25, 0.3) is 0 Å². The Kier molecular flexibility index (Phi) is 6.84. The van der Waals surface area contributed by atoms with Crippen LogP contribution in [0.3, 0.4) is 0 Å². The second kappa shape index (κ2) is 9.81. The molecule has 3 saturated heterocycles. The molecule has 7 atom stereocenters. The molecule has 4 fully saturated rings. The molecule has 1 saturated carbocycles. The fourth-order valence-electron chi connectivity index (χ4n) is 6.76. The molecule has 4 N–H and O–H groups in total. The molecular formula is C26H36N6O4S. The number of amides is 4. The Bertz CT molecular complexity index is 1120. The standard InChI is InChI=1S/C26H36N6O4S/c1-13-29-19(12-37-13)23(34)31-18-7-5-4-6-14-10-28-22(33)16(14)8-15(9-27)30-24(35)21-20-17(26(20,2)3)11-32(21)25(18)36/h9,12,14-18,20-21,27H,4-8,10-11H2,1-3H3,(H,28,33)(H,30,35)(H,31,34)/t14-,15-,16-,17-,18-,20-,21-/m0/s1. The van der Waals surface area contributed by atoms with Crippen LogP contribution in [-0.4, -0.2) is 70.9 Å². The quantitative estimate of drug-likeness (QED) is 0.440. The highest BCUT2D eigenvalue weighted by molar-refractivity contribution is 7.09. The summed E-state index contributed by atoms with van der Waals surface area (Å²) in [5, 5.41) is 19.2. The molecule has 200 valence electrons. The van der Waals surface area contributed by atoms with Crippen molar-refractivity contribution in [3.63, 3.8) is 0 Å². The predicted octanol–water partition coefficient (Wildman–Crippen LogP) is 1.49. The number of carbonyl (C=O) groups is 4. The number of nitrogens with one attached hydrogen (secondary N) is 4. The Hall–Kier alpha value is -2.82. The molecule has 37 heavy (non-hydrogen) atoms. The lowest BCUT2D eigenvalue weighted by molar-refractivity contribution is -0.142. The highest BCUT2D eigenvalue weighted by atomic mass is 32.1. The number of aryl methyl sites for hydroxylation is 1. The van der Waals surface area contributed by atoms with Crippen LogP contribution in [0.1, 0.15) is 61.4 Å². The van der Waals surface area contributed by atoms with E-state index in [9.17, 15) is 19.2 Å². The molecule has 5 rings (SSSR count). The normalized spacial score (nSPS) is 35.4. The molecule has 1 aliphatic carbocycles. The minimum Gasteiger partial charge on any atom is -0.356 e. The molecule has 11 heteroatoms. The maximum absolute atomic E-state index is 13.9. The summed E-state index contributed by atoms with van der Waals surface area (Å²) < 4.78 is 0. The molecule has 10 nitrogen and oxygen atoms in total. The van der Waals surface area contributed by atoms with E-state index in [1.807, 2.05) is 6.92 Å². The molecule has 4 amide bonds. The maximum Gasteiger partial charge on any atom is 0.271 e. The first kappa shape index (κ1) is 25.8. The number of hydrogen-bond donors (Lipinski definition) is 4. The number of fused-ring (bicyclic) bond motifs is 4. The fourth-order valence-corrected chi connectivity index (χ4v) is 7.35. The van der Waals surface area contributed by atoms with Gasteiger partial charge in [-0.3, -0.25) is 19.2 Å². The van der Waals surface area contributed by atoms with Crippen molar-refractivity contribution < 1.29 is 19.2 Å². The molecule has 0 aromatic carbocycles. The fraction of sp³-hybridized carbons (Fsp3) is 0.692. The minimum absolute atomic E-state index is 0.0239. The Morgan fingerprint density at radius 2 is 2.00 bits per heavy atom. The van der Waals surface area contributed by atoms with Gasteiger partial charge in [0.2, 0.25) is 17.7 Å². The van der Waals surface area contributed by atoms with Gasteiger partial charge >= 0.3 is 0 Å². The lowest BCUT2D eigenvalue weighted by Gasteiger charge is -2.34. The second-order valence-electron chi connectivity index (χ2n) is 11.6. The van der Waals surface area contributed by atoms with E-state index in [0.29, 0.717) is 38.0 Å². The Balaban J connectivity index is 1.42. The molecule has 0 bridgehead atoms. The molecule has 4 heterocycles. The Labute approximate surface area is 220 Å². The first-order chi connectivity index (χ1) is 17.6. The zero-order valence-corrected chi connectivity index (χ0v) is 22.4. The number of aromatic nitrogens is 1. The lowest BCUT2D eigenvalue weighted by atomic mass is 9.85. The largest absolute Gasteiger partial charge is 0.356 e. The van der Waals surface area contributed by atoms with Crippen molar-refractivity contribution in [3.05, 3.63) is 16.1 Å². The van der Waals surface area contributed by atoms with E-state index in [1.165, 1.54) is 17.6 Å². The van der Waals surface area contributed by atoms with Gasteiger partial charge in [-0.1, -0.05) is 26.7 Å². The number of carbonyl (C=O) groups excluding carboxylic acids is 4. The molecular weight excluding hydrogens is 492 g/mol. The summed E-state index contributed by atoms with van der Waals surface area (Å²) in [6.45, 7) is 7.12. The van der Waals surface area contributed by atoms with Crippen LogP contribution in [0, 0.1) is 41.4 Å². The van der Waals surface area contributed by atoms with Gasteiger partial charge in [0.25, 0.3) is 5.91 Å². The van der Waals surface area contributed by atoms with E-state index >= 15 is 0 Å². The van der Waals surface area contributed by atoms with E-state index in [0.717, 1.165) is 17.8 Å². The highest BCUT2D eigenvalue weighted by Crippen LogP contribution is 2.65. The van der Waals surface area contributed by atoms with Crippen molar-refractivity contribution in [2.45, 2.75) is 71.0 Å². The summed E-state index contributed by atoms with van der Waals surface area (Å²) >= 11 is 1.38. The Morgan fingerprint density at radius 3 is 2.70 bits per heavy atom. The van der Waals surface area contributed by atoms with E-state index in [2.05, 4.69) is 34.8 Å². The van der Waals surface area contributed by atoms with Crippen molar-refractivity contribution >= 4 is 41.2 Å². The van der Waals surface area contributed by atoms with Crippen molar-refractivity contribution in [3.8, 4) is 0 Å². The maximum atomic E-state index is 13.9. The van der Waals surface area contributed by atoms with Crippen molar-refractivity contribution in [2.24, 2.45) is 29.1 Å². The predicted molar refractivity (Wildman–Crippen MR) is 138 cm³/mol. The zero-order chi connectivity index (χ0) is 26.5. The van der Waals surface area contributed by atoms with Gasteiger partial charge in [-0.2, -0.15) is 0 Å². The molecule has 0 spiro atoms.